The lowest BCUT2D eigenvalue weighted by Gasteiger charge is -2.16. The maximum absolute atomic E-state index is 12.8. The number of nitrogens with zero attached hydrogens (tertiary/aromatic N) is 1. The standard InChI is InChI=1S/C30H25BrN2O4/c1-3-36-28-17-20(15-23(18-32)30(34)33-26-13-6-7-14-27(26)35-2)16-25(31)29(28)37-19-22-11-8-10-21-9-4-5-12-24(21)22/h4-17H,3,19H2,1-2H3,(H,33,34). The number of rotatable bonds is 9. The van der Waals surface area contributed by atoms with Gasteiger partial charge in [-0.3, -0.25) is 4.79 Å². The number of para-hydroxylation sites is 2. The van der Waals surface area contributed by atoms with Crippen molar-refractivity contribution in [2.24, 2.45) is 0 Å². The Kier molecular flexibility index (Phi) is 8.44. The van der Waals surface area contributed by atoms with Gasteiger partial charge in [0, 0.05) is 0 Å². The Balaban J connectivity index is 1.60. The van der Waals surface area contributed by atoms with Crippen LogP contribution >= 0.6 is 15.9 Å². The fourth-order valence-corrected chi connectivity index (χ4v) is 4.47. The third-order valence-electron chi connectivity index (χ3n) is 5.61. The van der Waals surface area contributed by atoms with E-state index in [1.54, 1.807) is 36.4 Å². The van der Waals surface area contributed by atoms with Gasteiger partial charge in [0.15, 0.2) is 11.5 Å². The number of amides is 1. The molecule has 0 aliphatic rings. The minimum Gasteiger partial charge on any atom is -0.495 e. The molecule has 0 aromatic heterocycles. The van der Waals surface area contributed by atoms with E-state index in [1.165, 1.54) is 13.2 Å². The lowest BCUT2D eigenvalue weighted by molar-refractivity contribution is -0.112. The molecule has 4 aromatic carbocycles. The van der Waals surface area contributed by atoms with E-state index in [1.807, 2.05) is 37.3 Å². The fraction of sp³-hybridized carbons (Fsp3) is 0.133. The zero-order chi connectivity index (χ0) is 26.2. The molecule has 4 rings (SSSR count). The second-order valence-electron chi connectivity index (χ2n) is 8.01. The summed E-state index contributed by atoms with van der Waals surface area (Å²) in [6, 6.07) is 26.8. The molecule has 186 valence electrons. The second kappa shape index (κ2) is 12.1. The molecule has 0 radical (unpaired) electrons. The average Bonchev–Trinajstić information content (AvgIpc) is 2.91. The maximum Gasteiger partial charge on any atom is 0.266 e. The minimum absolute atomic E-state index is 0.0651. The first-order chi connectivity index (χ1) is 18.0. The third-order valence-corrected chi connectivity index (χ3v) is 6.20. The molecule has 7 heteroatoms. The molecule has 0 atom stereocenters. The molecule has 1 amide bonds. The Morgan fingerprint density at radius 2 is 1.76 bits per heavy atom. The first-order valence-electron chi connectivity index (χ1n) is 11.7. The number of methoxy groups -OCH3 is 1. The Morgan fingerprint density at radius 3 is 2.54 bits per heavy atom. The largest absolute Gasteiger partial charge is 0.495 e. The predicted octanol–water partition coefficient (Wildman–Crippen LogP) is 7.13. The molecule has 0 saturated heterocycles. The number of ether oxygens (including phenoxy) is 3. The second-order valence-corrected chi connectivity index (χ2v) is 8.87. The molecular weight excluding hydrogens is 532 g/mol. The highest BCUT2D eigenvalue weighted by atomic mass is 79.9. The summed E-state index contributed by atoms with van der Waals surface area (Å²) in [7, 11) is 1.52. The number of nitriles is 1. The first kappa shape index (κ1) is 25.8. The number of nitrogens with one attached hydrogen (secondary N) is 1. The molecule has 0 aliphatic heterocycles. The summed E-state index contributed by atoms with van der Waals surface area (Å²) < 4.78 is 18.0. The Labute approximate surface area is 224 Å². The van der Waals surface area contributed by atoms with Crippen molar-refractivity contribution in [1.82, 2.24) is 0 Å². The number of hydrogen-bond donors (Lipinski definition) is 1. The summed E-state index contributed by atoms with van der Waals surface area (Å²) >= 11 is 3.58. The van der Waals surface area contributed by atoms with Gasteiger partial charge in [0.2, 0.25) is 0 Å². The quantitative estimate of drug-likeness (QED) is 0.175. The summed E-state index contributed by atoms with van der Waals surface area (Å²) in [5.41, 5.74) is 2.07. The molecule has 1 N–H and O–H groups in total. The van der Waals surface area contributed by atoms with Gasteiger partial charge in [-0.15, -0.1) is 0 Å². The number of anilines is 1. The molecule has 0 bridgehead atoms. The van der Waals surface area contributed by atoms with Gasteiger partial charge in [0.25, 0.3) is 5.91 Å². The van der Waals surface area contributed by atoms with E-state index >= 15 is 0 Å². The number of hydrogen-bond acceptors (Lipinski definition) is 5. The molecule has 0 fully saturated rings. The van der Waals surface area contributed by atoms with Crippen LogP contribution in [0.5, 0.6) is 17.2 Å². The van der Waals surface area contributed by atoms with E-state index in [4.69, 9.17) is 14.2 Å². The van der Waals surface area contributed by atoms with Crippen molar-refractivity contribution in [2.45, 2.75) is 13.5 Å². The van der Waals surface area contributed by atoms with E-state index in [2.05, 4.69) is 39.4 Å². The summed E-state index contributed by atoms with van der Waals surface area (Å²) in [5.74, 6) is 1.01. The van der Waals surface area contributed by atoms with Crippen molar-refractivity contribution in [3.05, 3.63) is 100 Å². The fourth-order valence-electron chi connectivity index (χ4n) is 3.90. The Hall–Kier alpha value is -4.28. The van der Waals surface area contributed by atoms with Crippen molar-refractivity contribution in [3.63, 3.8) is 0 Å². The molecule has 4 aromatic rings. The maximum atomic E-state index is 12.8. The zero-order valence-corrected chi connectivity index (χ0v) is 22.0. The normalized spacial score (nSPS) is 11.0. The third kappa shape index (κ3) is 6.11. The summed E-state index contributed by atoms with van der Waals surface area (Å²) in [5, 5.41) is 14.7. The highest BCUT2D eigenvalue weighted by Crippen LogP contribution is 2.38. The van der Waals surface area contributed by atoms with E-state index in [-0.39, 0.29) is 5.57 Å². The van der Waals surface area contributed by atoms with Crippen molar-refractivity contribution < 1.29 is 19.0 Å². The number of carbonyl (C=O) groups excluding carboxylic acids is 1. The van der Waals surface area contributed by atoms with Crippen molar-refractivity contribution >= 4 is 44.4 Å². The lowest BCUT2D eigenvalue weighted by Crippen LogP contribution is -2.14. The van der Waals surface area contributed by atoms with Crippen LogP contribution in [0, 0.1) is 11.3 Å². The molecule has 0 unspecified atom stereocenters. The van der Waals surface area contributed by atoms with E-state index in [9.17, 15) is 10.1 Å². The minimum atomic E-state index is -0.544. The summed E-state index contributed by atoms with van der Waals surface area (Å²) in [4.78, 5) is 12.8. The van der Waals surface area contributed by atoms with Crippen LogP contribution in [0.4, 0.5) is 5.69 Å². The molecule has 0 spiro atoms. The van der Waals surface area contributed by atoms with Gasteiger partial charge < -0.3 is 19.5 Å². The molecule has 0 saturated carbocycles. The van der Waals surface area contributed by atoms with Gasteiger partial charge in [-0.05, 0) is 75.1 Å². The highest BCUT2D eigenvalue weighted by Gasteiger charge is 2.16. The van der Waals surface area contributed by atoms with Crippen LogP contribution in [0.25, 0.3) is 16.8 Å². The average molecular weight is 557 g/mol. The van der Waals surface area contributed by atoms with E-state index in [0.717, 1.165) is 16.3 Å². The topological polar surface area (TPSA) is 80.6 Å². The first-order valence-corrected chi connectivity index (χ1v) is 12.4. The van der Waals surface area contributed by atoms with Crippen LogP contribution in [0.15, 0.2) is 88.9 Å². The smallest absolute Gasteiger partial charge is 0.266 e. The van der Waals surface area contributed by atoms with Crippen molar-refractivity contribution in [2.75, 3.05) is 19.0 Å². The van der Waals surface area contributed by atoms with Gasteiger partial charge in [0.05, 0.1) is 23.9 Å². The van der Waals surface area contributed by atoms with Crippen LogP contribution in [0.3, 0.4) is 0 Å². The van der Waals surface area contributed by atoms with Gasteiger partial charge in [0.1, 0.15) is 24.0 Å². The molecule has 6 nitrogen and oxygen atoms in total. The van der Waals surface area contributed by atoms with Crippen molar-refractivity contribution in [1.29, 1.82) is 5.26 Å². The SMILES string of the molecule is CCOc1cc(C=C(C#N)C(=O)Nc2ccccc2OC)cc(Br)c1OCc1cccc2ccccc12. The van der Waals surface area contributed by atoms with Gasteiger partial charge in [-0.2, -0.15) is 5.26 Å². The van der Waals surface area contributed by atoms with Crippen LogP contribution in [0.1, 0.15) is 18.1 Å². The number of halogens is 1. The lowest BCUT2D eigenvalue weighted by atomic mass is 10.1. The molecule has 37 heavy (non-hydrogen) atoms. The molecular formula is C30H25BrN2O4. The van der Waals surface area contributed by atoms with E-state index in [0.29, 0.717) is 46.2 Å². The van der Waals surface area contributed by atoms with Crippen LogP contribution < -0.4 is 19.5 Å². The number of carbonyl (C=O) groups is 1. The highest BCUT2D eigenvalue weighted by molar-refractivity contribution is 9.10. The monoisotopic (exact) mass is 556 g/mol. The summed E-state index contributed by atoms with van der Waals surface area (Å²) in [6.45, 7) is 2.65. The van der Waals surface area contributed by atoms with Crippen LogP contribution in [-0.2, 0) is 11.4 Å². The zero-order valence-electron chi connectivity index (χ0n) is 20.5. The summed E-state index contributed by atoms with van der Waals surface area (Å²) in [6.07, 6.45) is 1.51. The van der Waals surface area contributed by atoms with Crippen LogP contribution in [0.2, 0.25) is 0 Å². The number of benzene rings is 4. The van der Waals surface area contributed by atoms with Gasteiger partial charge >= 0.3 is 0 Å². The molecule has 0 heterocycles. The van der Waals surface area contributed by atoms with Gasteiger partial charge in [-0.1, -0.05) is 54.6 Å². The number of fused-ring (bicyclic) bond motifs is 1. The van der Waals surface area contributed by atoms with E-state index < -0.39 is 5.91 Å². The Morgan fingerprint density at radius 1 is 1.00 bits per heavy atom. The Bertz CT molecular complexity index is 1500. The molecule has 0 aliphatic carbocycles. The van der Waals surface area contributed by atoms with Crippen molar-refractivity contribution in [3.8, 4) is 23.3 Å². The van der Waals surface area contributed by atoms with Gasteiger partial charge in [-0.25, -0.2) is 0 Å². The predicted molar refractivity (Wildman–Crippen MR) is 149 cm³/mol. The van der Waals surface area contributed by atoms with Crippen LogP contribution in [-0.4, -0.2) is 19.6 Å².